The molecule has 1 atom stereocenters. The highest BCUT2D eigenvalue weighted by molar-refractivity contribution is 6.32. The Morgan fingerprint density at radius 3 is 2.55 bits per heavy atom. The number of methoxy groups -OCH3 is 1. The molecule has 0 heterocycles. The summed E-state index contributed by atoms with van der Waals surface area (Å²) in [6.45, 7) is 0.310. The van der Waals surface area contributed by atoms with Gasteiger partial charge in [0.25, 0.3) is 0 Å². The van der Waals surface area contributed by atoms with Crippen molar-refractivity contribution in [3.8, 4) is 5.75 Å². The maximum absolute atomic E-state index is 13.5. The third kappa shape index (κ3) is 4.11. The number of hydrogen-bond donors (Lipinski definition) is 2. The van der Waals surface area contributed by atoms with Gasteiger partial charge in [0.2, 0.25) is 0 Å². The van der Waals surface area contributed by atoms with Gasteiger partial charge in [0.1, 0.15) is 11.6 Å². The molecule has 2 aromatic rings. The van der Waals surface area contributed by atoms with Gasteiger partial charge in [0.15, 0.2) is 0 Å². The number of benzene rings is 2. The van der Waals surface area contributed by atoms with Crippen molar-refractivity contribution in [3.63, 3.8) is 0 Å². The molecular weight excluding hydrogens is 328 g/mol. The zero-order chi connectivity index (χ0) is 16.1. The van der Waals surface area contributed by atoms with Crippen LogP contribution in [0.5, 0.6) is 5.75 Å². The van der Waals surface area contributed by atoms with Crippen molar-refractivity contribution in [1.29, 1.82) is 0 Å². The minimum atomic E-state index is -0.507. The van der Waals surface area contributed by atoms with Gasteiger partial charge in [-0.15, -0.1) is 0 Å². The van der Waals surface area contributed by atoms with Crippen LogP contribution in [-0.4, -0.2) is 18.8 Å². The SMILES string of the molecule is COc1ccc(CNC(CO)c2ccc(Cl)c(F)c2)cc1Cl. The highest BCUT2D eigenvalue weighted by Crippen LogP contribution is 2.25. The fourth-order valence-corrected chi connectivity index (χ4v) is 2.48. The topological polar surface area (TPSA) is 41.5 Å². The van der Waals surface area contributed by atoms with E-state index in [1.807, 2.05) is 6.07 Å². The normalized spacial score (nSPS) is 12.2. The lowest BCUT2D eigenvalue weighted by molar-refractivity contribution is 0.243. The Labute approximate surface area is 138 Å². The first-order chi connectivity index (χ1) is 10.5. The third-order valence-corrected chi connectivity index (χ3v) is 3.90. The smallest absolute Gasteiger partial charge is 0.142 e. The van der Waals surface area contributed by atoms with Crippen molar-refractivity contribution in [1.82, 2.24) is 5.32 Å². The molecule has 2 aromatic carbocycles. The Kier molecular flexibility index (Phi) is 6.03. The van der Waals surface area contributed by atoms with Gasteiger partial charge in [-0.1, -0.05) is 35.3 Å². The average Bonchev–Trinajstić information content (AvgIpc) is 2.51. The summed E-state index contributed by atoms with van der Waals surface area (Å²) in [6.07, 6.45) is 0. The number of aliphatic hydroxyl groups is 1. The van der Waals surface area contributed by atoms with Crippen LogP contribution in [0.2, 0.25) is 10.0 Å². The molecule has 2 rings (SSSR count). The summed E-state index contributed by atoms with van der Waals surface area (Å²) in [5.74, 6) is 0.0933. The third-order valence-electron chi connectivity index (χ3n) is 3.30. The van der Waals surface area contributed by atoms with Crippen molar-refractivity contribution < 1.29 is 14.2 Å². The van der Waals surface area contributed by atoms with Crippen molar-refractivity contribution in [2.24, 2.45) is 0 Å². The number of halogens is 3. The van der Waals surface area contributed by atoms with E-state index in [4.69, 9.17) is 27.9 Å². The quantitative estimate of drug-likeness (QED) is 0.833. The maximum atomic E-state index is 13.5. The van der Waals surface area contributed by atoms with Crippen LogP contribution in [0.3, 0.4) is 0 Å². The lowest BCUT2D eigenvalue weighted by atomic mass is 10.1. The van der Waals surface area contributed by atoms with E-state index in [0.717, 1.165) is 5.56 Å². The van der Waals surface area contributed by atoms with Gasteiger partial charge >= 0.3 is 0 Å². The summed E-state index contributed by atoms with van der Waals surface area (Å²) in [4.78, 5) is 0. The lowest BCUT2D eigenvalue weighted by Crippen LogP contribution is -2.24. The van der Waals surface area contributed by atoms with E-state index in [2.05, 4.69) is 5.32 Å². The number of ether oxygens (including phenoxy) is 1. The van der Waals surface area contributed by atoms with Gasteiger partial charge in [-0.3, -0.25) is 0 Å². The second-order valence-electron chi connectivity index (χ2n) is 4.76. The van der Waals surface area contributed by atoms with Gasteiger partial charge in [0.05, 0.1) is 29.8 Å². The first-order valence-corrected chi connectivity index (χ1v) is 7.42. The molecule has 0 spiro atoms. The van der Waals surface area contributed by atoms with Gasteiger partial charge in [-0.2, -0.15) is 0 Å². The van der Waals surface area contributed by atoms with Crippen molar-refractivity contribution in [3.05, 3.63) is 63.4 Å². The van der Waals surface area contributed by atoms with E-state index in [1.54, 1.807) is 25.3 Å². The number of aliphatic hydroxyl groups excluding tert-OH is 1. The summed E-state index contributed by atoms with van der Waals surface area (Å²) in [5.41, 5.74) is 1.56. The molecule has 0 aromatic heterocycles. The number of rotatable bonds is 6. The van der Waals surface area contributed by atoms with Crippen LogP contribution in [-0.2, 0) is 6.54 Å². The zero-order valence-corrected chi connectivity index (χ0v) is 13.5. The van der Waals surface area contributed by atoms with Crippen molar-refractivity contribution >= 4 is 23.2 Å². The van der Waals surface area contributed by atoms with Gasteiger partial charge in [-0.25, -0.2) is 4.39 Å². The summed E-state index contributed by atoms with van der Waals surface area (Å²) in [5, 5.41) is 13.2. The Bertz CT molecular complexity index is 652. The summed E-state index contributed by atoms with van der Waals surface area (Å²) in [7, 11) is 1.55. The second-order valence-corrected chi connectivity index (χ2v) is 5.57. The molecule has 0 aliphatic carbocycles. The average molecular weight is 344 g/mol. The molecule has 3 nitrogen and oxygen atoms in total. The standard InChI is InChI=1S/C16H16Cl2FNO2/c1-22-16-5-2-10(6-13(16)18)8-20-15(9-21)11-3-4-12(17)14(19)7-11/h2-7,15,20-21H,8-9H2,1H3. The molecule has 0 bridgehead atoms. The molecular formula is C16H16Cl2FNO2. The fourth-order valence-electron chi connectivity index (χ4n) is 2.08. The summed E-state index contributed by atoms with van der Waals surface area (Å²) < 4.78 is 18.6. The van der Waals surface area contributed by atoms with Crippen LogP contribution in [0.15, 0.2) is 36.4 Å². The predicted molar refractivity (Wildman–Crippen MR) is 86.1 cm³/mol. The molecule has 0 radical (unpaired) electrons. The van der Waals surface area contributed by atoms with E-state index in [-0.39, 0.29) is 11.6 Å². The van der Waals surface area contributed by atoms with E-state index < -0.39 is 11.9 Å². The Hall–Kier alpha value is -1.33. The molecule has 1 unspecified atom stereocenters. The molecule has 0 saturated heterocycles. The van der Waals surface area contributed by atoms with Gasteiger partial charge in [0, 0.05) is 6.54 Å². The van der Waals surface area contributed by atoms with Crippen LogP contribution in [0.4, 0.5) is 4.39 Å². The number of hydrogen-bond acceptors (Lipinski definition) is 3. The second kappa shape index (κ2) is 7.79. The fraction of sp³-hybridized carbons (Fsp3) is 0.250. The summed E-state index contributed by atoms with van der Waals surface area (Å²) >= 11 is 11.7. The van der Waals surface area contributed by atoms with Crippen LogP contribution in [0.25, 0.3) is 0 Å². The van der Waals surface area contributed by atoms with Crippen molar-refractivity contribution in [2.45, 2.75) is 12.6 Å². The van der Waals surface area contributed by atoms with Gasteiger partial charge in [-0.05, 0) is 35.4 Å². The van der Waals surface area contributed by atoms with Crippen LogP contribution >= 0.6 is 23.2 Å². The zero-order valence-electron chi connectivity index (χ0n) is 11.9. The maximum Gasteiger partial charge on any atom is 0.142 e. The van der Waals surface area contributed by atoms with E-state index >= 15 is 0 Å². The van der Waals surface area contributed by atoms with E-state index in [0.29, 0.717) is 22.9 Å². The lowest BCUT2D eigenvalue weighted by Gasteiger charge is -2.17. The van der Waals surface area contributed by atoms with Crippen LogP contribution < -0.4 is 10.1 Å². The van der Waals surface area contributed by atoms with Crippen LogP contribution in [0, 0.1) is 5.82 Å². The molecule has 0 aliphatic rings. The molecule has 0 saturated carbocycles. The molecule has 22 heavy (non-hydrogen) atoms. The van der Waals surface area contributed by atoms with Gasteiger partial charge < -0.3 is 15.2 Å². The molecule has 2 N–H and O–H groups in total. The minimum Gasteiger partial charge on any atom is -0.495 e. The molecule has 0 aliphatic heterocycles. The predicted octanol–water partition coefficient (Wildman–Crippen LogP) is 3.96. The Morgan fingerprint density at radius 2 is 1.95 bits per heavy atom. The largest absolute Gasteiger partial charge is 0.495 e. The first-order valence-electron chi connectivity index (χ1n) is 6.66. The monoisotopic (exact) mass is 343 g/mol. The molecule has 0 amide bonds. The van der Waals surface area contributed by atoms with E-state index in [9.17, 15) is 9.50 Å². The molecule has 118 valence electrons. The van der Waals surface area contributed by atoms with Crippen molar-refractivity contribution in [2.75, 3.05) is 13.7 Å². The minimum absolute atomic E-state index is 0.0578. The first kappa shape index (κ1) is 17.0. The summed E-state index contributed by atoms with van der Waals surface area (Å²) in [6, 6.07) is 9.50. The highest BCUT2D eigenvalue weighted by Gasteiger charge is 2.12. The van der Waals surface area contributed by atoms with E-state index in [1.165, 1.54) is 12.1 Å². The number of nitrogens with one attached hydrogen (secondary N) is 1. The highest BCUT2D eigenvalue weighted by atomic mass is 35.5. The molecule has 0 fully saturated rings. The van der Waals surface area contributed by atoms with Crippen LogP contribution in [0.1, 0.15) is 17.2 Å². The Morgan fingerprint density at radius 1 is 1.18 bits per heavy atom. The molecule has 6 heteroatoms. The Balaban J connectivity index is 2.07.